The van der Waals surface area contributed by atoms with Crippen molar-refractivity contribution >= 4 is 11.8 Å². The van der Waals surface area contributed by atoms with E-state index in [4.69, 9.17) is 0 Å². The van der Waals surface area contributed by atoms with Gasteiger partial charge in [-0.05, 0) is 24.1 Å². The fraction of sp³-hybridized carbons (Fsp3) is 0.176. The Kier molecular flexibility index (Phi) is 5.25. The predicted molar refractivity (Wildman–Crippen MR) is 82.3 cm³/mol. The van der Waals surface area contributed by atoms with Gasteiger partial charge in [0, 0.05) is 4.90 Å². The van der Waals surface area contributed by atoms with E-state index in [1.165, 1.54) is 4.90 Å². The second-order valence-electron chi connectivity index (χ2n) is 4.35. The number of aliphatic hydroxyl groups is 1. The Hall–Kier alpha value is -1.51. The van der Waals surface area contributed by atoms with Gasteiger partial charge in [-0.25, -0.2) is 0 Å². The van der Waals surface area contributed by atoms with Gasteiger partial charge in [0.05, 0.1) is 11.4 Å². The molecule has 0 amide bonds. The Labute approximate surface area is 119 Å². The molecule has 0 aromatic heterocycles. The standard InChI is InChI=1S/C17H18OS/c1-2-9-16(18)17(14-10-5-3-6-11-14)19-15-12-7-4-8-13-15/h2-8,10-13,16-18H,1,9H2/t16-,17-/m0/s1. The molecule has 0 spiro atoms. The van der Waals surface area contributed by atoms with Crippen LogP contribution in [-0.2, 0) is 0 Å². The lowest BCUT2D eigenvalue weighted by atomic mass is 10.1. The number of hydrogen-bond acceptors (Lipinski definition) is 2. The minimum absolute atomic E-state index is 0.0293. The van der Waals surface area contributed by atoms with Crippen molar-refractivity contribution in [2.75, 3.05) is 0 Å². The fourth-order valence-electron chi connectivity index (χ4n) is 1.95. The first-order valence-corrected chi connectivity index (χ1v) is 7.25. The van der Waals surface area contributed by atoms with Crippen molar-refractivity contribution in [3.8, 4) is 0 Å². The molecule has 0 bridgehead atoms. The average Bonchev–Trinajstić information content (AvgIpc) is 2.47. The smallest absolute Gasteiger partial charge is 0.0737 e. The summed E-state index contributed by atoms with van der Waals surface area (Å²) >= 11 is 1.69. The molecule has 2 atom stereocenters. The van der Waals surface area contributed by atoms with Gasteiger partial charge in [-0.15, -0.1) is 18.3 Å². The van der Waals surface area contributed by atoms with Gasteiger partial charge in [0.2, 0.25) is 0 Å². The van der Waals surface area contributed by atoms with E-state index in [0.29, 0.717) is 6.42 Å². The maximum Gasteiger partial charge on any atom is 0.0737 e. The highest BCUT2D eigenvalue weighted by molar-refractivity contribution is 7.99. The lowest BCUT2D eigenvalue weighted by Gasteiger charge is -2.22. The fourth-order valence-corrected chi connectivity index (χ4v) is 3.12. The van der Waals surface area contributed by atoms with E-state index in [2.05, 4.69) is 30.8 Å². The lowest BCUT2D eigenvalue weighted by molar-refractivity contribution is 0.175. The van der Waals surface area contributed by atoms with Crippen LogP contribution in [0.15, 0.2) is 78.2 Å². The van der Waals surface area contributed by atoms with Crippen molar-refractivity contribution in [1.29, 1.82) is 0 Å². The van der Waals surface area contributed by atoms with Crippen molar-refractivity contribution in [2.24, 2.45) is 0 Å². The van der Waals surface area contributed by atoms with Crippen LogP contribution in [0.1, 0.15) is 17.2 Å². The highest BCUT2D eigenvalue weighted by Crippen LogP contribution is 2.38. The van der Waals surface area contributed by atoms with Crippen LogP contribution >= 0.6 is 11.8 Å². The molecule has 0 unspecified atom stereocenters. The Balaban J connectivity index is 2.22. The quantitative estimate of drug-likeness (QED) is 0.618. The van der Waals surface area contributed by atoms with E-state index >= 15 is 0 Å². The predicted octanol–water partition coefficient (Wildman–Crippen LogP) is 4.46. The molecule has 0 aliphatic rings. The molecule has 2 rings (SSSR count). The molecule has 2 aromatic carbocycles. The van der Waals surface area contributed by atoms with Crippen LogP contribution in [0.3, 0.4) is 0 Å². The summed E-state index contributed by atoms with van der Waals surface area (Å²) in [5.74, 6) is 0. The lowest BCUT2D eigenvalue weighted by Crippen LogP contribution is -2.14. The maximum atomic E-state index is 10.3. The summed E-state index contributed by atoms with van der Waals surface area (Å²) in [6.07, 6.45) is 1.94. The maximum absolute atomic E-state index is 10.3. The molecule has 1 nitrogen and oxygen atoms in total. The van der Waals surface area contributed by atoms with Crippen molar-refractivity contribution in [3.63, 3.8) is 0 Å². The first-order chi connectivity index (χ1) is 9.31. The summed E-state index contributed by atoms with van der Waals surface area (Å²) in [7, 11) is 0. The van der Waals surface area contributed by atoms with Crippen molar-refractivity contribution < 1.29 is 5.11 Å². The van der Waals surface area contributed by atoms with E-state index in [1.54, 1.807) is 17.8 Å². The molecule has 0 aliphatic carbocycles. The molecular formula is C17H18OS. The SMILES string of the molecule is C=CC[C@H](O)[C@@H](Sc1ccccc1)c1ccccc1. The molecule has 0 heterocycles. The molecule has 2 heteroatoms. The number of benzene rings is 2. The van der Waals surface area contributed by atoms with Gasteiger partial charge in [0.15, 0.2) is 0 Å². The molecular weight excluding hydrogens is 252 g/mol. The highest BCUT2D eigenvalue weighted by atomic mass is 32.2. The van der Waals surface area contributed by atoms with Crippen molar-refractivity contribution in [1.82, 2.24) is 0 Å². The third-order valence-corrected chi connectivity index (χ3v) is 4.28. The van der Waals surface area contributed by atoms with Crippen LogP contribution in [0.4, 0.5) is 0 Å². The molecule has 0 fully saturated rings. The minimum Gasteiger partial charge on any atom is -0.391 e. The highest BCUT2D eigenvalue weighted by Gasteiger charge is 2.21. The number of hydrogen-bond donors (Lipinski definition) is 1. The van der Waals surface area contributed by atoms with E-state index in [-0.39, 0.29) is 5.25 Å². The topological polar surface area (TPSA) is 20.2 Å². The summed E-state index contributed by atoms with van der Waals surface area (Å²) in [6, 6.07) is 20.3. The molecule has 0 saturated carbocycles. The molecule has 1 N–H and O–H groups in total. The van der Waals surface area contributed by atoms with Gasteiger partial charge in [-0.3, -0.25) is 0 Å². The van der Waals surface area contributed by atoms with Gasteiger partial charge in [-0.1, -0.05) is 54.6 Å². The molecule has 0 radical (unpaired) electrons. The van der Waals surface area contributed by atoms with E-state index < -0.39 is 6.10 Å². The van der Waals surface area contributed by atoms with Gasteiger partial charge < -0.3 is 5.11 Å². The van der Waals surface area contributed by atoms with Gasteiger partial charge in [0.1, 0.15) is 0 Å². The van der Waals surface area contributed by atoms with Crippen LogP contribution in [0.2, 0.25) is 0 Å². The third-order valence-electron chi connectivity index (χ3n) is 2.89. The van der Waals surface area contributed by atoms with Crippen LogP contribution < -0.4 is 0 Å². The summed E-state index contributed by atoms with van der Waals surface area (Å²) in [5.41, 5.74) is 1.14. The second-order valence-corrected chi connectivity index (χ2v) is 5.57. The summed E-state index contributed by atoms with van der Waals surface area (Å²) in [5, 5.41) is 10.4. The zero-order valence-corrected chi connectivity index (χ0v) is 11.6. The Morgan fingerprint density at radius 2 is 1.58 bits per heavy atom. The summed E-state index contributed by atoms with van der Waals surface area (Å²) < 4.78 is 0. The molecule has 0 aliphatic heterocycles. The number of aliphatic hydroxyl groups excluding tert-OH is 1. The Bertz CT molecular complexity index is 495. The molecule has 2 aromatic rings. The molecule has 19 heavy (non-hydrogen) atoms. The summed E-state index contributed by atoms with van der Waals surface area (Å²) in [4.78, 5) is 1.17. The van der Waals surface area contributed by atoms with E-state index in [1.807, 2.05) is 36.4 Å². The first kappa shape index (κ1) is 13.9. The molecule has 98 valence electrons. The van der Waals surface area contributed by atoms with Crippen LogP contribution in [0.25, 0.3) is 0 Å². The number of thioether (sulfide) groups is 1. The molecule has 0 saturated heterocycles. The summed E-state index contributed by atoms with van der Waals surface area (Å²) in [6.45, 7) is 3.71. The van der Waals surface area contributed by atoms with Crippen molar-refractivity contribution in [2.45, 2.75) is 22.7 Å². The van der Waals surface area contributed by atoms with Crippen molar-refractivity contribution in [3.05, 3.63) is 78.9 Å². The van der Waals surface area contributed by atoms with Crippen LogP contribution in [0, 0.1) is 0 Å². The van der Waals surface area contributed by atoms with E-state index in [9.17, 15) is 5.11 Å². The van der Waals surface area contributed by atoms with Gasteiger partial charge in [-0.2, -0.15) is 0 Å². The average molecular weight is 270 g/mol. The van der Waals surface area contributed by atoms with Crippen LogP contribution in [0.5, 0.6) is 0 Å². The zero-order chi connectivity index (χ0) is 13.5. The largest absolute Gasteiger partial charge is 0.391 e. The number of rotatable bonds is 6. The Morgan fingerprint density at radius 1 is 1.00 bits per heavy atom. The second kappa shape index (κ2) is 7.17. The van der Waals surface area contributed by atoms with E-state index in [0.717, 1.165) is 5.56 Å². The monoisotopic (exact) mass is 270 g/mol. The van der Waals surface area contributed by atoms with Gasteiger partial charge >= 0.3 is 0 Å². The Morgan fingerprint density at radius 3 is 2.16 bits per heavy atom. The zero-order valence-electron chi connectivity index (χ0n) is 10.8. The normalized spacial score (nSPS) is 13.7. The van der Waals surface area contributed by atoms with Crippen LogP contribution in [-0.4, -0.2) is 11.2 Å². The minimum atomic E-state index is -0.426. The van der Waals surface area contributed by atoms with Gasteiger partial charge in [0.25, 0.3) is 0 Å². The third kappa shape index (κ3) is 3.98. The first-order valence-electron chi connectivity index (χ1n) is 6.37.